The molecule has 66 valence electrons. The molecule has 1 heterocycles. The van der Waals surface area contributed by atoms with Gasteiger partial charge in [0.05, 0.1) is 6.61 Å². The van der Waals surface area contributed by atoms with Gasteiger partial charge in [-0.05, 0) is 6.92 Å². The van der Waals surface area contributed by atoms with Crippen LogP contribution in [0.4, 0.5) is 0 Å². The third-order valence-corrected chi connectivity index (χ3v) is 1.89. The molecule has 1 saturated heterocycles. The van der Waals surface area contributed by atoms with Gasteiger partial charge in [0.25, 0.3) is 0 Å². The van der Waals surface area contributed by atoms with Crippen molar-refractivity contribution in [2.75, 3.05) is 6.61 Å². The van der Waals surface area contributed by atoms with E-state index < -0.39 is 24.1 Å². The van der Waals surface area contributed by atoms with E-state index in [1.165, 1.54) is 6.92 Å². The largest absolute Gasteiger partial charge is 0.388 e. The molecule has 0 amide bonds. The molecule has 1 aliphatic rings. The Kier molecular flexibility index (Phi) is 2.17. The predicted molar refractivity (Wildman–Crippen MR) is 34.6 cm³/mol. The van der Waals surface area contributed by atoms with Gasteiger partial charge in [-0.2, -0.15) is 0 Å². The highest BCUT2D eigenvalue weighted by Gasteiger charge is 2.46. The summed E-state index contributed by atoms with van der Waals surface area (Å²) >= 11 is 0. The van der Waals surface area contributed by atoms with Crippen LogP contribution >= 0.6 is 0 Å². The third kappa shape index (κ3) is 1.38. The van der Waals surface area contributed by atoms with Gasteiger partial charge in [0.1, 0.15) is 17.8 Å². The maximum absolute atomic E-state index is 9.30. The number of hydrogen-bond donors (Lipinski definition) is 4. The van der Waals surface area contributed by atoms with Crippen LogP contribution in [0, 0.1) is 0 Å². The summed E-state index contributed by atoms with van der Waals surface area (Å²) in [5.74, 6) is 0. The number of aliphatic hydroxyl groups excluding tert-OH is 3. The minimum atomic E-state index is -1.79. The average Bonchev–Trinajstić information content (AvgIpc) is 1.95. The fourth-order valence-corrected chi connectivity index (χ4v) is 0.985. The Morgan fingerprint density at radius 3 is 2.36 bits per heavy atom. The number of aliphatic hydroxyl groups is 4. The molecule has 1 rings (SSSR count). The van der Waals surface area contributed by atoms with E-state index in [2.05, 4.69) is 4.74 Å². The first kappa shape index (κ1) is 8.89. The van der Waals surface area contributed by atoms with Crippen LogP contribution in [0.15, 0.2) is 0 Å². The lowest BCUT2D eigenvalue weighted by atomic mass is 9.92. The molecule has 0 radical (unpaired) electrons. The van der Waals surface area contributed by atoms with Gasteiger partial charge in [-0.3, -0.25) is 0 Å². The summed E-state index contributed by atoms with van der Waals surface area (Å²) in [4.78, 5) is 0. The Balaban J connectivity index is 2.72. The molecule has 0 aromatic heterocycles. The monoisotopic (exact) mass is 164 g/mol. The van der Waals surface area contributed by atoms with Gasteiger partial charge in [-0.25, -0.2) is 0 Å². The van der Waals surface area contributed by atoms with E-state index in [-0.39, 0.29) is 6.61 Å². The van der Waals surface area contributed by atoms with E-state index in [1.54, 1.807) is 0 Å². The second kappa shape index (κ2) is 2.69. The van der Waals surface area contributed by atoms with Crippen molar-refractivity contribution < 1.29 is 25.2 Å². The summed E-state index contributed by atoms with van der Waals surface area (Å²) in [5, 5.41) is 36.4. The van der Waals surface area contributed by atoms with Crippen LogP contribution in [0.5, 0.6) is 0 Å². The van der Waals surface area contributed by atoms with Crippen LogP contribution in [-0.4, -0.2) is 51.1 Å². The normalized spacial score (nSPS) is 52.6. The van der Waals surface area contributed by atoms with E-state index in [1.807, 2.05) is 0 Å². The Hall–Kier alpha value is -0.200. The summed E-state index contributed by atoms with van der Waals surface area (Å²) in [6.07, 6.45) is -3.96. The molecule has 4 atom stereocenters. The van der Waals surface area contributed by atoms with Crippen LogP contribution in [0.3, 0.4) is 0 Å². The summed E-state index contributed by atoms with van der Waals surface area (Å²) < 4.78 is 4.57. The minimum absolute atomic E-state index is 0.168. The first-order valence-corrected chi connectivity index (χ1v) is 3.34. The highest BCUT2D eigenvalue weighted by atomic mass is 16.6. The van der Waals surface area contributed by atoms with Gasteiger partial charge in [-0.15, -0.1) is 0 Å². The van der Waals surface area contributed by atoms with Gasteiger partial charge >= 0.3 is 0 Å². The van der Waals surface area contributed by atoms with E-state index in [4.69, 9.17) is 15.3 Å². The van der Waals surface area contributed by atoms with E-state index in [9.17, 15) is 5.11 Å². The molecule has 1 fully saturated rings. The van der Waals surface area contributed by atoms with Crippen molar-refractivity contribution >= 4 is 0 Å². The van der Waals surface area contributed by atoms with Crippen LogP contribution in [0.2, 0.25) is 0 Å². The molecular formula is C6H12O5. The molecule has 4 N–H and O–H groups in total. The minimum Gasteiger partial charge on any atom is -0.388 e. The van der Waals surface area contributed by atoms with Crippen molar-refractivity contribution in [2.24, 2.45) is 0 Å². The average molecular weight is 164 g/mol. The van der Waals surface area contributed by atoms with Gasteiger partial charge in [0.15, 0.2) is 6.29 Å². The Bertz CT molecular complexity index is 146. The number of hydrogen-bond acceptors (Lipinski definition) is 5. The Morgan fingerprint density at radius 2 is 1.91 bits per heavy atom. The zero-order valence-electron chi connectivity index (χ0n) is 6.14. The van der Waals surface area contributed by atoms with E-state index in [0.29, 0.717) is 0 Å². The smallest absolute Gasteiger partial charge is 0.186 e. The second-order valence-electron chi connectivity index (χ2n) is 2.92. The van der Waals surface area contributed by atoms with E-state index in [0.717, 1.165) is 0 Å². The van der Waals surface area contributed by atoms with E-state index >= 15 is 0 Å². The molecule has 5 heteroatoms. The van der Waals surface area contributed by atoms with Gasteiger partial charge in [0, 0.05) is 0 Å². The summed E-state index contributed by atoms with van der Waals surface area (Å²) in [6, 6.07) is 0. The summed E-state index contributed by atoms with van der Waals surface area (Å²) in [7, 11) is 0. The predicted octanol–water partition coefficient (Wildman–Crippen LogP) is -2.19. The standard InChI is InChI=1S/C6H12O5/c1-6(10)4(8)3(7)2-11-5(6)9/h3-5,7-10H,2H2,1H3/t3-,4-,5?,6-/m1/s1. The van der Waals surface area contributed by atoms with Crippen LogP contribution in [-0.2, 0) is 4.74 Å². The first-order valence-electron chi connectivity index (χ1n) is 3.34. The lowest BCUT2D eigenvalue weighted by Gasteiger charge is -2.40. The van der Waals surface area contributed by atoms with Crippen molar-refractivity contribution in [2.45, 2.75) is 31.0 Å². The SMILES string of the molecule is C[C@]1(O)C(O)OC[C@@H](O)[C@H]1O. The lowest BCUT2D eigenvalue weighted by Crippen LogP contribution is -2.61. The molecule has 0 aromatic carbocycles. The Morgan fingerprint density at radius 1 is 1.36 bits per heavy atom. The molecule has 1 aliphatic heterocycles. The van der Waals surface area contributed by atoms with Crippen molar-refractivity contribution in [1.82, 2.24) is 0 Å². The lowest BCUT2D eigenvalue weighted by molar-refractivity contribution is -0.295. The highest BCUT2D eigenvalue weighted by Crippen LogP contribution is 2.23. The summed E-state index contributed by atoms with van der Waals surface area (Å²) in [6.45, 7) is 1.03. The molecule has 5 nitrogen and oxygen atoms in total. The third-order valence-electron chi connectivity index (χ3n) is 1.89. The zero-order valence-corrected chi connectivity index (χ0v) is 6.14. The summed E-state index contributed by atoms with van der Waals surface area (Å²) in [5.41, 5.74) is -1.79. The first-order chi connectivity index (χ1) is 4.96. The van der Waals surface area contributed by atoms with Gasteiger partial charge in [-0.1, -0.05) is 0 Å². The second-order valence-corrected chi connectivity index (χ2v) is 2.92. The maximum Gasteiger partial charge on any atom is 0.186 e. The van der Waals surface area contributed by atoms with Crippen LogP contribution < -0.4 is 0 Å². The molecule has 0 saturated carbocycles. The number of ether oxygens (including phenoxy) is 1. The highest BCUT2D eigenvalue weighted by molar-refractivity contribution is 4.92. The van der Waals surface area contributed by atoms with Gasteiger partial charge in [0.2, 0.25) is 0 Å². The van der Waals surface area contributed by atoms with Crippen molar-refractivity contribution in [3.05, 3.63) is 0 Å². The fourth-order valence-electron chi connectivity index (χ4n) is 0.985. The topological polar surface area (TPSA) is 90.2 Å². The zero-order chi connectivity index (χ0) is 8.65. The molecular weight excluding hydrogens is 152 g/mol. The molecule has 0 spiro atoms. The van der Waals surface area contributed by atoms with Crippen LogP contribution in [0.25, 0.3) is 0 Å². The fraction of sp³-hybridized carbons (Fsp3) is 1.00. The maximum atomic E-state index is 9.30. The number of rotatable bonds is 0. The molecule has 0 aromatic rings. The van der Waals surface area contributed by atoms with Crippen molar-refractivity contribution in [3.8, 4) is 0 Å². The molecule has 0 aliphatic carbocycles. The quantitative estimate of drug-likeness (QED) is 0.326. The van der Waals surface area contributed by atoms with Crippen molar-refractivity contribution in [3.63, 3.8) is 0 Å². The molecule has 1 unspecified atom stereocenters. The van der Waals surface area contributed by atoms with Crippen molar-refractivity contribution in [1.29, 1.82) is 0 Å². The van der Waals surface area contributed by atoms with Crippen LogP contribution in [0.1, 0.15) is 6.92 Å². The van der Waals surface area contributed by atoms with Gasteiger partial charge < -0.3 is 25.2 Å². The molecule has 0 bridgehead atoms. The molecule has 11 heavy (non-hydrogen) atoms. The Labute approximate surface area is 63.8 Å².